The molecule has 0 aromatic carbocycles. The van der Waals surface area contributed by atoms with Crippen LogP contribution < -0.4 is 10.6 Å². The van der Waals surface area contributed by atoms with E-state index in [1.165, 1.54) is 0 Å². The maximum absolute atomic E-state index is 11.3. The molecule has 0 aromatic rings. The van der Waals surface area contributed by atoms with Gasteiger partial charge in [-0.25, -0.2) is 0 Å². The number of carbonyl (C=O) groups is 1. The molecule has 15 heavy (non-hydrogen) atoms. The number of amides is 1. The lowest BCUT2D eigenvalue weighted by molar-refractivity contribution is -0.121. The van der Waals surface area contributed by atoms with Crippen LogP contribution in [0.3, 0.4) is 0 Å². The Hall–Kier alpha value is -0.610. The van der Waals surface area contributed by atoms with Crippen molar-refractivity contribution in [3.63, 3.8) is 0 Å². The molecule has 1 unspecified atom stereocenters. The Morgan fingerprint density at radius 1 is 1.33 bits per heavy atom. The van der Waals surface area contributed by atoms with Crippen LogP contribution in [0.2, 0.25) is 0 Å². The second kappa shape index (κ2) is 8.68. The lowest BCUT2D eigenvalue weighted by Crippen LogP contribution is -2.41. The zero-order chi connectivity index (χ0) is 11.7. The zero-order valence-electron chi connectivity index (χ0n) is 10.3. The molecule has 4 heteroatoms. The Kier molecular flexibility index (Phi) is 8.33. The molecule has 0 fully saturated rings. The van der Waals surface area contributed by atoms with E-state index in [2.05, 4.69) is 24.5 Å². The summed E-state index contributed by atoms with van der Waals surface area (Å²) in [5.41, 5.74) is 0. The van der Waals surface area contributed by atoms with E-state index < -0.39 is 0 Å². The number of ether oxygens (including phenoxy) is 1. The molecule has 0 aromatic heterocycles. The van der Waals surface area contributed by atoms with Gasteiger partial charge < -0.3 is 15.4 Å². The highest BCUT2D eigenvalue weighted by atomic mass is 16.5. The van der Waals surface area contributed by atoms with Crippen LogP contribution in [0.4, 0.5) is 0 Å². The average Bonchev–Trinajstić information content (AvgIpc) is 2.12. The Bertz CT molecular complexity index is 172. The van der Waals surface area contributed by atoms with Gasteiger partial charge >= 0.3 is 0 Å². The first-order valence-electron chi connectivity index (χ1n) is 5.55. The van der Waals surface area contributed by atoms with Gasteiger partial charge in [-0.05, 0) is 25.8 Å². The summed E-state index contributed by atoms with van der Waals surface area (Å²) in [6.07, 6.45) is 1.10. The van der Waals surface area contributed by atoms with Crippen LogP contribution in [0.5, 0.6) is 0 Å². The van der Waals surface area contributed by atoms with Gasteiger partial charge in [0.2, 0.25) is 5.91 Å². The number of hydrogen-bond acceptors (Lipinski definition) is 3. The Morgan fingerprint density at radius 3 is 2.53 bits per heavy atom. The molecule has 0 saturated heterocycles. The molecule has 0 aliphatic rings. The summed E-state index contributed by atoms with van der Waals surface area (Å²) < 4.78 is 4.93. The van der Waals surface area contributed by atoms with Crippen LogP contribution in [-0.2, 0) is 9.53 Å². The van der Waals surface area contributed by atoms with E-state index in [1.54, 1.807) is 7.11 Å². The van der Waals surface area contributed by atoms with E-state index in [9.17, 15) is 4.79 Å². The first-order valence-corrected chi connectivity index (χ1v) is 5.55. The number of nitrogens with one attached hydrogen (secondary N) is 2. The van der Waals surface area contributed by atoms with E-state index in [1.807, 2.05) is 6.92 Å². The van der Waals surface area contributed by atoms with Gasteiger partial charge in [0, 0.05) is 13.2 Å². The molecule has 0 aliphatic carbocycles. The van der Waals surface area contributed by atoms with Crippen molar-refractivity contribution in [2.75, 3.05) is 26.8 Å². The predicted octanol–water partition coefficient (Wildman–Crippen LogP) is 0.773. The lowest BCUT2D eigenvalue weighted by atomic mass is 10.1. The lowest BCUT2D eigenvalue weighted by Gasteiger charge is -2.13. The maximum atomic E-state index is 11.3. The molecule has 0 bridgehead atoms. The highest BCUT2D eigenvalue weighted by Gasteiger charge is 2.05. The average molecular weight is 216 g/mol. The van der Waals surface area contributed by atoms with E-state index in [0.29, 0.717) is 19.1 Å². The summed E-state index contributed by atoms with van der Waals surface area (Å²) in [4.78, 5) is 11.3. The minimum Gasteiger partial charge on any atom is -0.383 e. The SMILES string of the molecule is COCC(C)NC(=O)CNCCC(C)C. The van der Waals surface area contributed by atoms with Gasteiger partial charge in [0.05, 0.1) is 13.2 Å². The van der Waals surface area contributed by atoms with Crippen molar-refractivity contribution < 1.29 is 9.53 Å². The predicted molar refractivity (Wildman–Crippen MR) is 61.8 cm³/mol. The molecule has 2 N–H and O–H groups in total. The van der Waals surface area contributed by atoms with Gasteiger partial charge in [-0.3, -0.25) is 4.79 Å². The molecule has 0 heterocycles. The molecule has 4 nitrogen and oxygen atoms in total. The third kappa shape index (κ3) is 9.69. The van der Waals surface area contributed by atoms with Crippen molar-refractivity contribution in [3.8, 4) is 0 Å². The van der Waals surface area contributed by atoms with E-state index >= 15 is 0 Å². The normalized spacial score (nSPS) is 12.9. The minimum absolute atomic E-state index is 0.0308. The number of rotatable bonds is 8. The topological polar surface area (TPSA) is 50.4 Å². The van der Waals surface area contributed by atoms with E-state index in [-0.39, 0.29) is 11.9 Å². The molecule has 1 amide bonds. The molecule has 0 aliphatic heterocycles. The summed E-state index contributed by atoms with van der Waals surface area (Å²) in [6.45, 7) is 8.10. The van der Waals surface area contributed by atoms with Crippen molar-refractivity contribution in [1.29, 1.82) is 0 Å². The fourth-order valence-corrected chi connectivity index (χ4v) is 1.21. The van der Waals surface area contributed by atoms with Crippen molar-refractivity contribution in [2.45, 2.75) is 33.2 Å². The first-order chi connectivity index (χ1) is 7.06. The van der Waals surface area contributed by atoms with Crippen LogP contribution in [0, 0.1) is 5.92 Å². The summed E-state index contributed by atoms with van der Waals surface area (Å²) in [5, 5.41) is 5.95. The molecule has 1 atom stereocenters. The van der Waals surface area contributed by atoms with Gasteiger partial charge in [0.25, 0.3) is 0 Å². The van der Waals surface area contributed by atoms with Crippen LogP contribution in [0.15, 0.2) is 0 Å². The number of methoxy groups -OCH3 is 1. The molecular weight excluding hydrogens is 192 g/mol. The molecule has 0 saturated carbocycles. The summed E-state index contributed by atoms with van der Waals surface area (Å²) in [6, 6.07) is 0.0781. The van der Waals surface area contributed by atoms with Crippen LogP contribution in [0.25, 0.3) is 0 Å². The smallest absolute Gasteiger partial charge is 0.234 e. The van der Waals surface area contributed by atoms with Gasteiger partial charge in [-0.15, -0.1) is 0 Å². The summed E-state index contributed by atoms with van der Waals surface area (Å²) >= 11 is 0. The van der Waals surface area contributed by atoms with Crippen molar-refractivity contribution in [3.05, 3.63) is 0 Å². The summed E-state index contributed by atoms with van der Waals surface area (Å²) in [7, 11) is 1.63. The van der Waals surface area contributed by atoms with Gasteiger partial charge in [-0.2, -0.15) is 0 Å². The molecule has 90 valence electrons. The number of carbonyl (C=O) groups excluding carboxylic acids is 1. The maximum Gasteiger partial charge on any atom is 0.234 e. The second-order valence-electron chi connectivity index (χ2n) is 4.28. The Labute approximate surface area is 92.8 Å². The second-order valence-corrected chi connectivity index (χ2v) is 4.28. The van der Waals surface area contributed by atoms with Gasteiger partial charge in [0.15, 0.2) is 0 Å². The highest BCUT2D eigenvalue weighted by molar-refractivity contribution is 5.78. The standard InChI is InChI=1S/C11H24N2O2/c1-9(2)5-6-12-7-11(14)13-10(3)8-15-4/h9-10,12H,5-8H2,1-4H3,(H,13,14). The third-order valence-corrected chi connectivity index (χ3v) is 2.01. The van der Waals surface area contributed by atoms with Gasteiger partial charge in [-0.1, -0.05) is 13.8 Å². The number of hydrogen-bond donors (Lipinski definition) is 2. The van der Waals surface area contributed by atoms with Crippen LogP contribution in [0.1, 0.15) is 27.2 Å². The molecular formula is C11H24N2O2. The Morgan fingerprint density at radius 2 is 2.00 bits per heavy atom. The molecule has 0 spiro atoms. The Balaban J connectivity index is 3.40. The van der Waals surface area contributed by atoms with E-state index in [4.69, 9.17) is 4.74 Å². The zero-order valence-corrected chi connectivity index (χ0v) is 10.3. The van der Waals surface area contributed by atoms with Gasteiger partial charge in [0.1, 0.15) is 0 Å². The van der Waals surface area contributed by atoms with E-state index in [0.717, 1.165) is 13.0 Å². The first kappa shape index (κ1) is 14.4. The fourth-order valence-electron chi connectivity index (χ4n) is 1.21. The monoisotopic (exact) mass is 216 g/mol. The van der Waals surface area contributed by atoms with Crippen LogP contribution in [-0.4, -0.2) is 38.8 Å². The quantitative estimate of drug-likeness (QED) is 0.589. The minimum atomic E-state index is 0.0308. The van der Waals surface area contributed by atoms with Crippen molar-refractivity contribution >= 4 is 5.91 Å². The highest BCUT2D eigenvalue weighted by Crippen LogP contribution is 1.95. The van der Waals surface area contributed by atoms with Crippen molar-refractivity contribution in [2.24, 2.45) is 5.92 Å². The largest absolute Gasteiger partial charge is 0.383 e. The summed E-state index contributed by atoms with van der Waals surface area (Å²) in [5.74, 6) is 0.705. The third-order valence-electron chi connectivity index (χ3n) is 2.01. The fraction of sp³-hybridized carbons (Fsp3) is 0.909. The molecule has 0 rings (SSSR count). The molecule has 0 radical (unpaired) electrons. The van der Waals surface area contributed by atoms with Crippen LogP contribution >= 0.6 is 0 Å². The van der Waals surface area contributed by atoms with Crippen molar-refractivity contribution in [1.82, 2.24) is 10.6 Å².